The number of fused-ring (bicyclic) bond motifs is 1. The minimum Gasteiger partial charge on any atom is -0.303 e. The third-order valence-electron chi connectivity index (χ3n) is 3.74. The van der Waals surface area contributed by atoms with Gasteiger partial charge in [-0.3, -0.25) is 4.98 Å². The van der Waals surface area contributed by atoms with E-state index in [9.17, 15) is 0 Å². The van der Waals surface area contributed by atoms with Gasteiger partial charge in [0.2, 0.25) is 0 Å². The van der Waals surface area contributed by atoms with E-state index >= 15 is 0 Å². The molecule has 2 unspecified atom stereocenters. The lowest BCUT2D eigenvalue weighted by Crippen LogP contribution is -2.27. The van der Waals surface area contributed by atoms with Gasteiger partial charge < -0.3 is 5.32 Å². The first kappa shape index (κ1) is 13.1. The predicted octanol–water partition coefficient (Wildman–Crippen LogP) is 4.52. The average molecular weight is 293 g/mol. The zero-order chi connectivity index (χ0) is 13.2. The number of hydrogen-bond donors (Lipinski definition) is 1. The minimum atomic E-state index is 0.331. The van der Waals surface area contributed by atoms with Crippen LogP contribution in [0.15, 0.2) is 30.6 Å². The Bertz CT molecular complexity index is 553. The Balaban J connectivity index is 1.77. The smallest absolute Gasteiger partial charge is 0.0934 e. The number of nitrogens with one attached hydrogen (secondary N) is 1. The fourth-order valence-corrected chi connectivity index (χ4v) is 4.13. The molecule has 0 saturated carbocycles. The highest BCUT2D eigenvalue weighted by Crippen LogP contribution is 2.38. The van der Waals surface area contributed by atoms with Gasteiger partial charge in [0.15, 0.2) is 0 Å². The van der Waals surface area contributed by atoms with Crippen molar-refractivity contribution in [1.82, 2.24) is 10.3 Å². The van der Waals surface area contributed by atoms with Crippen LogP contribution < -0.4 is 5.32 Å². The molecule has 1 aliphatic rings. The van der Waals surface area contributed by atoms with Crippen molar-refractivity contribution in [2.45, 2.75) is 38.3 Å². The van der Waals surface area contributed by atoms with Crippen molar-refractivity contribution in [3.8, 4) is 0 Å². The normalized spacial score (nSPS) is 20.0. The van der Waals surface area contributed by atoms with Crippen molar-refractivity contribution in [2.24, 2.45) is 0 Å². The van der Waals surface area contributed by atoms with E-state index in [-0.39, 0.29) is 0 Å². The van der Waals surface area contributed by atoms with E-state index in [1.54, 1.807) is 11.3 Å². The molecule has 1 N–H and O–H groups in total. The number of aryl methyl sites for hydroxylation is 1. The average Bonchev–Trinajstić information content (AvgIpc) is 2.81. The van der Waals surface area contributed by atoms with Gasteiger partial charge >= 0.3 is 0 Å². The summed E-state index contributed by atoms with van der Waals surface area (Å²) in [6.07, 6.45) is 7.30. The van der Waals surface area contributed by atoms with E-state index in [0.29, 0.717) is 12.1 Å². The molecule has 2 atom stereocenters. The topological polar surface area (TPSA) is 24.9 Å². The second-order valence-electron chi connectivity index (χ2n) is 5.04. The van der Waals surface area contributed by atoms with Crippen LogP contribution >= 0.6 is 22.9 Å². The summed E-state index contributed by atoms with van der Waals surface area (Å²) in [4.78, 5) is 5.52. The summed E-state index contributed by atoms with van der Waals surface area (Å²) in [5, 5.41) is 3.72. The molecule has 0 spiro atoms. The summed E-state index contributed by atoms with van der Waals surface area (Å²) in [6.45, 7) is 2.21. The first-order valence-corrected chi connectivity index (χ1v) is 7.87. The maximum absolute atomic E-state index is 6.15. The molecule has 19 heavy (non-hydrogen) atoms. The minimum absolute atomic E-state index is 0.331. The SMILES string of the molecule is CC(NC1CCCc2sc(Cl)cc21)c1ccncc1. The summed E-state index contributed by atoms with van der Waals surface area (Å²) in [5.41, 5.74) is 2.69. The van der Waals surface area contributed by atoms with Gasteiger partial charge in [0.25, 0.3) is 0 Å². The number of rotatable bonds is 3. The van der Waals surface area contributed by atoms with Gasteiger partial charge in [-0.25, -0.2) is 0 Å². The Kier molecular flexibility index (Phi) is 3.87. The summed E-state index contributed by atoms with van der Waals surface area (Å²) < 4.78 is 0.912. The third-order valence-corrected chi connectivity index (χ3v) is 5.08. The first-order chi connectivity index (χ1) is 9.24. The Morgan fingerprint density at radius 3 is 3.00 bits per heavy atom. The van der Waals surface area contributed by atoms with Crippen molar-refractivity contribution in [3.63, 3.8) is 0 Å². The Hall–Kier alpha value is -0.900. The predicted molar refractivity (Wildman–Crippen MR) is 80.8 cm³/mol. The molecule has 1 aliphatic carbocycles. The molecule has 2 nitrogen and oxygen atoms in total. The van der Waals surface area contributed by atoms with E-state index in [2.05, 4.69) is 35.4 Å². The second kappa shape index (κ2) is 5.61. The van der Waals surface area contributed by atoms with Gasteiger partial charge in [-0.2, -0.15) is 0 Å². The molecule has 4 heteroatoms. The summed E-state index contributed by atoms with van der Waals surface area (Å²) in [5.74, 6) is 0. The molecule has 0 fully saturated rings. The molecule has 0 amide bonds. The van der Waals surface area contributed by atoms with Gasteiger partial charge in [-0.05, 0) is 55.5 Å². The van der Waals surface area contributed by atoms with Crippen molar-refractivity contribution in [1.29, 1.82) is 0 Å². The van der Waals surface area contributed by atoms with Crippen molar-refractivity contribution < 1.29 is 0 Å². The van der Waals surface area contributed by atoms with Crippen LogP contribution in [-0.2, 0) is 6.42 Å². The fourth-order valence-electron chi connectivity index (χ4n) is 2.74. The maximum Gasteiger partial charge on any atom is 0.0934 e. The van der Waals surface area contributed by atoms with Crippen LogP contribution in [0, 0.1) is 0 Å². The van der Waals surface area contributed by atoms with Gasteiger partial charge in [0.1, 0.15) is 0 Å². The monoisotopic (exact) mass is 292 g/mol. The van der Waals surface area contributed by atoms with Crippen LogP contribution in [-0.4, -0.2) is 4.98 Å². The number of halogens is 1. The van der Waals surface area contributed by atoms with Gasteiger partial charge in [-0.1, -0.05) is 11.6 Å². The van der Waals surface area contributed by atoms with Gasteiger partial charge in [0, 0.05) is 29.4 Å². The molecule has 0 saturated heterocycles. The van der Waals surface area contributed by atoms with E-state index in [4.69, 9.17) is 11.6 Å². The Morgan fingerprint density at radius 1 is 1.42 bits per heavy atom. The zero-order valence-electron chi connectivity index (χ0n) is 10.9. The number of pyridine rings is 1. The maximum atomic E-state index is 6.15. The Labute approximate surface area is 122 Å². The highest BCUT2D eigenvalue weighted by Gasteiger charge is 2.24. The molecular weight excluding hydrogens is 276 g/mol. The molecule has 0 bridgehead atoms. The van der Waals surface area contributed by atoms with E-state index in [1.165, 1.54) is 35.3 Å². The second-order valence-corrected chi connectivity index (χ2v) is 6.81. The lowest BCUT2D eigenvalue weighted by molar-refractivity contribution is 0.418. The molecule has 0 aliphatic heterocycles. The zero-order valence-corrected chi connectivity index (χ0v) is 12.5. The summed E-state index contributed by atoms with van der Waals surface area (Å²) in [6, 6.07) is 7.04. The van der Waals surface area contributed by atoms with E-state index in [1.807, 2.05) is 12.4 Å². The van der Waals surface area contributed by atoms with Crippen molar-refractivity contribution >= 4 is 22.9 Å². The molecule has 3 rings (SSSR count). The first-order valence-electron chi connectivity index (χ1n) is 6.68. The van der Waals surface area contributed by atoms with Crippen LogP contribution in [0.25, 0.3) is 0 Å². The molecule has 2 heterocycles. The van der Waals surface area contributed by atoms with Crippen molar-refractivity contribution in [3.05, 3.63) is 50.9 Å². The van der Waals surface area contributed by atoms with E-state index in [0.717, 1.165) is 4.34 Å². The van der Waals surface area contributed by atoms with Gasteiger partial charge in [0.05, 0.1) is 4.34 Å². The van der Waals surface area contributed by atoms with E-state index < -0.39 is 0 Å². The van der Waals surface area contributed by atoms with Crippen LogP contribution in [0.1, 0.15) is 47.9 Å². The molecule has 0 aromatic carbocycles. The van der Waals surface area contributed by atoms with Crippen LogP contribution in [0.5, 0.6) is 0 Å². The lowest BCUT2D eigenvalue weighted by Gasteiger charge is -2.27. The molecular formula is C15H17ClN2S. The number of aromatic nitrogens is 1. The number of hydrogen-bond acceptors (Lipinski definition) is 3. The Morgan fingerprint density at radius 2 is 2.21 bits per heavy atom. The van der Waals surface area contributed by atoms with Crippen molar-refractivity contribution in [2.75, 3.05) is 0 Å². The standard InChI is InChI=1S/C15H17ClN2S/c1-10(11-5-7-17-8-6-11)18-13-3-2-4-14-12(13)9-15(16)19-14/h5-10,13,18H,2-4H2,1H3. The molecule has 2 aromatic heterocycles. The van der Waals surface area contributed by atoms with Gasteiger partial charge in [-0.15, -0.1) is 11.3 Å². The summed E-state index contributed by atoms with van der Waals surface area (Å²) >= 11 is 7.88. The quantitative estimate of drug-likeness (QED) is 0.899. The van der Waals surface area contributed by atoms with Crippen LogP contribution in [0.4, 0.5) is 0 Å². The highest BCUT2D eigenvalue weighted by atomic mass is 35.5. The third kappa shape index (κ3) is 2.83. The molecule has 0 radical (unpaired) electrons. The number of nitrogens with zero attached hydrogens (tertiary/aromatic N) is 1. The van der Waals surface area contributed by atoms with Crippen LogP contribution in [0.2, 0.25) is 4.34 Å². The molecule has 100 valence electrons. The lowest BCUT2D eigenvalue weighted by atomic mass is 9.93. The fraction of sp³-hybridized carbons (Fsp3) is 0.400. The molecule has 2 aromatic rings. The van der Waals surface area contributed by atoms with Crippen LogP contribution in [0.3, 0.4) is 0 Å². The number of thiophene rings is 1. The largest absolute Gasteiger partial charge is 0.303 e. The summed E-state index contributed by atoms with van der Waals surface area (Å²) in [7, 11) is 0. The highest BCUT2D eigenvalue weighted by molar-refractivity contribution is 7.16.